The number of pyridine rings is 1. The Morgan fingerprint density at radius 3 is 2.64 bits per heavy atom. The molecule has 0 fully saturated rings. The minimum atomic E-state index is 0.199. The Hall–Kier alpha value is -2.39. The molecule has 2 N–H and O–H groups in total. The molecule has 0 spiro atoms. The lowest BCUT2D eigenvalue weighted by Gasteiger charge is -2.26. The number of hydrogen-bond donors (Lipinski definition) is 2. The normalized spacial score (nSPS) is 16.8. The quantitative estimate of drug-likeness (QED) is 0.743. The van der Waals surface area contributed by atoms with Crippen molar-refractivity contribution in [3.05, 3.63) is 80.1 Å². The number of nitrogens with one attached hydrogen (secondary N) is 2. The van der Waals surface area contributed by atoms with Crippen LogP contribution in [0.15, 0.2) is 41.2 Å². The summed E-state index contributed by atoms with van der Waals surface area (Å²) < 4.78 is 0. The maximum Gasteiger partial charge on any atom is 0.198 e. The Bertz CT molecular complexity index is 1020. The van der Waals surface area contributed by atoms with Gasteiger partial charge in [0.25, 0.3) is 0 Å². The number of quaternary nitrogens is 1. The van der Waals surface area contributed by atoms with Crippen molar-refractivity contribution in [3.63, 3.8) is 0 Å². The maximum absolute atomic E-state index is 13.1. The molecule has 25 heavy (non-hydrogen) atoms. The van der Waals surface area contributed by atoms with E-state index in [1.54, 1.807) is 0 Å². The van der Waals surface area contributed by atoms with Crippen LogP contribution in [-0.2, 0) is 19.5 Å². The first-order valence-corrected chi connectivity index (χ1v) is 9.06. The summed E-state index contributed by atoms with van der Waals surface area (Å²) in [4.78, 5) is 18.1. The number of H-pyrrole nitrogens is 1. The zero-order valence-corrected chi connectivity index (χ0v) is 15.2. The highest BCUT2D eigenvalue weighted by Crippen LogP contribution is 2.18. The predicted octanol–water partition coefficient (Wildman–Crippen LogP) is 2.59. The molecule has 3 heteroatoms. The Kier molecular flexibility index (Phi) is 3.97. The fraction of sp³-hybridized carbons (Fsp3) is 0.318. The molecule has 2 heterocycles. The van der Waals surface area contributed by atoms with Crippen molar-refractivity contribution in [1.29, 1.82) is 0 Å². The molecule has 0 amide bonds. The second-order valence-electron chi connectivity index (χ2n) is 7.43. The molecule has 3 nitrogen and oxygen atoms in total. The Labute approximate surface area is 148 Å². The molecule has 0 saturated carbocycles. The summed E-state index contributed by atoms with van der Waals surface area (Å²) in [5.41, 5.74) is 8.29. The van der Waals surface area contributed by atoms with Gasteiger partial charge >= 0.3 is 0 Å². The maximum atomic E-state index is 13.1. The van der Waals surface area contributed by atoms with E-state index in [-0.39, 0.29) is 5.43 Å². The molecular formula is C22H25N2O+. The Morgan fingerprint density at radius 2 is 1.84 bits per heavy atom. The van der Waals surface area contributed by atoms with Crippen molar-refractivity contribution in [2.45, 2.75) is 40.3 Å². The second kappa shape index (κ2) is 6.16. The number of aryl methyl sites for hydroxylation is 3. The van der Waals surface area contributed by atoms with Crippen LogP contribution in [0.1, 0.15) is 33.5 Å². The van der Waals surface area contributed by atoms with Crippen molar-refractivity contribution in [2.75, 3.05) is 6.54 Å². The molecule has 128 valence electrons. The third-order valence-electron chi connectivity index (χ3n) is 5.50. The number of aromatic nitrogens is 1. The van der Waals surface area contributed by atoms with Crippen LogP contribution >= 0.6 is 0 Å². The SMILES string of the molecule is Cc1cc(C)c2[nH]c(C)c(C[NH+]3CCc4ccccc4C3)c(=O)c2c1. The van der Waals surface area contributed by atoms with Crippen LogP contribution in [0.2, 0.25) is 0 Å². The van der Waals surface area contributed by atoms with Crippen LogP contribution in [0.3, 0.4) is 0 Å². The molecular weight excluding hydrogens is 308 g/mol. The zero-order chi connectivity index (χ0) is 17.6. The highest BCUT2D eigenvalue weighted by atomic mass is 16.1. The summed E-state index contributed by atoms with van der Waals surface area (Å²) in [5.74, 6) is 0. The van der Waals surface area contributed by atoms with Gasteiger partial charge in [-0.1, -0.05) is 30.3 Å². The first-order chi connectivity index (χ1) is 12.0. The summed E-state index contributed by atoms with van der Waals surface area (Å²) in [7, 11) is 0. The average molecular weight is 333 g/mol. The molecule has 0 aliphatic carbocycles. The van der Waals surface area contributed by atoms with Gasteiger partial charge in [0, 0.05) is 23.1 Å². The monoisotopic (exact) mass is 333 g/mol. The molecule has 2 aromatic carbocycles. The first-order valence-electron chi connectivity index (χ1n) is 9.06. The molecule has 1 atom stereocenters. The number of benzene rings is 2. The van der Waals surface area contributed by atoms with Crippen LogP contribution in [0.5, 0.6) is 0 Å². The summed E-state index contributed by atoms with van der Waals surface area (Å²) in [6.07, 6.45) is 1.09. The lowest BCUT2D eigenvalue weighted by atomic mass is 9.98. The van der Waals surface area contributed by atoms with Crippen molar-refractivity contribution in [3.8, 4) is 0 Å². The third-order valence-corrected chi connectivity index (χ3v) is 5.50. The minimum Gasteiger partial charge on any atom is -0.358 e. The molecule has 0 saturated heterocycles. The van der Waals surface area contributed by atoms with Gasteiger partial charge in [0.1, 0.15) is 13.1 Å². The van der Waals surface area contributed by atoms with Gasteiger partial charge in [-0.3, -0.25) is 4.79 Å². The topological polar surface area (TPSA) is 37.3 Å². The molecule has 3 aromatic rings. The van der Waals surface area contributed by atoms with Crippen molar-refractivity contribution in [1.82, 2.24) is 4.98 Å². The van der Waals surface area contributed by atoms with E-state index in [2.05, 4.69) is 49.2 Å². The summed E-state index contributed by atoms with van der Waals surface area (Å²) in [6, 6.07) is 12.8. The average Bonchev–Trinajstić information content (AvgIpc) is 2.60. The standard InChI is InChI=1S/C22H24N2O/c1-14-10-15(2)21-19(11-14)22(25)20(16(3)23-21)13-24-9-8-17-6-4-5-7-18(17)12-24/h4-7,10-11H,8-9,12-13H2,1-3H3,(H,23,25)/p+1. The van der Waals surface area contributed by atoms with E-state index in [0.29, 0.717) is 0 Å². The van der Waals surface area contributed by atoms with Crippen molar-refractivity contribution >= 4 is 10.9 Å². The number of aromatic amines is 1. The second-order valence-corrected chi connectivity index (χ2v) is 7.43. The van der Waals surface area contributed by atoms with Crippen molar-refractivity contribution < 1.29 is 4.90 Å². The fourth-order valence-electron chi connectivity index (χ4n) is 4.17. The van der Waals surface area contributed by atoms with Crippen LogP contribution < -0.4 is 10.3 Å². The molecule has 0 bridgehead atoms. The van der Waals surface area contributed by atoms with E-state index in [1.165, 1.54) is 16.0 Å². The largest absolute Gasteiger partial charge is 0.358 e. The van der Waals surface area contributed by atoms with Crippen LogP contribution in [0.4, 0.5) is 0 Å². The van der Waals surface area contributed by atoms with Gasteiger partial charge in [-0.15, -0.1) is 0 Å². The van der Waals surface area contributed by atoms with E-state index in [0.717, 1.165) is 59.3 Å². The van der Waals surface area contributed by atoms with E-state index in [4.69, 9.17) is 0 Å². The van der Waals surface area contributed by atoms with Gasteiger partial charge < -0.3 is 9.88 Å². The molecule has 1 aliphatic rings. The molecule has 1 unspecified atom stereocenters. The fourth-order valence-corrected chi connectivity index (χ4v) is 4.17. The Balaban J connectivity index is 1.72. The van der Waals surface area contributed by atoms with Gasteiger partial charge in [-0.2, -0.15) is 0 Å². The summed E-state index contributed by atoms with van der Waals surface area (Å²) in [5, 5.41) is 0.829. The highest BCUT2D eigenvalue weighted by molar-refractivity contribution is 5.83. The minimum absolute atomic E-state index is 0.199. The van der Waals surface area contributed by atoms with Crippen LogP contribution in [0, 0.1) is 20.8 Å². The van der Waals surface area contributed by atoms with Crippen LogP contribution in [0.25, 0.3) is 10.9 Å². The van der Waals surface area contributed by atoms with Crippen molar-refractivity contribution in [2.24, 2.45) is 0 Å². The number of fused-ring (bicyclic) bond motifs is 2. The summed E-state index contributed by atoms with van der Waals surface area (Å²) in [6.45, 7) is 9.03. The van der Waals surface area contributed by atoms with E-state index < -0.39 is 0 Å². The van der Waals surface area contributed by atoms with Gasteiger partial charge in [0.2, 0.25) is 0 Å². The van der Waals surface area contributed by atoms with E-state index >= 15 is 0 Å². The van der Waals surface area contributed by atoms with Gasteiger partial charge in [-0.05, 0) is 43.5 Å². The smallest absolute Gasteiger partial charge is 0.198 e. The first kappa shape index (κ1) is 16.1. The van der Waals surface area contributed by atoms with Crippen LogP contribution in [-0.4, -0.2) is 11.5 Å². The molecule has 1 aromatic heterocycles. The molecule has 1 aliphatic heterocycles. The zero-order valence-electron chi connectivity index (χ0n) is 15.2. The highest BCUT2D eigenvalue weighted by Gasteiger charge is 2.22. The Morgan fingerprint density at radius 1 is 1.08 bits per heavy atom. The number of hydrogen-bond acceptors (Lipinski definition) is 1. The predicted molar refractivity (Wildman–Crippen MR) is 102 cm³/mol. The summed E-state index contributed by atoms with van der Waals surface area (Å²) >= 11 is 0. The lowest BCUT2D eigenvalue weighted by molar-refractivity contribution is -0.929. The lowest BCUT2D eigenvalue weighted by Crippen LogP contribution is -3.10. The van der Waals surface area contributed by atoms with E-state index in [9.17, 15) is 4.79 Å². The van der Waals surface area contributed by atoms with Gasteiger partial charge in [0.05, 0.1) is 17.6 Å². The molecule has 4 rings (SSSR count). The number of rotatable bonds is 2. The van der Waals surface area contributed by atoms with Gasteiger partial charge in [0.15, 0.2) is 5.43 Å². The van der Waals surface area contributed by atoms with Gasteiger partial charge in [-0.25, -0.2) is 0 Å². The van der Waals surface area contributed by atoms with E-state index in [1.807, 2.05) is 13.0 Å². The third kappa shape index (κ3) is 2.89. The molecule has 0 radical (unpaired) electrons.